The van der Waals surface area contributed by atoms with Crippen molar-refractivity contribution in [2.45, 2.75) is 38.3 Å². The first-order valence-corrected chi connectivity index (χ1v) is 9.55. The van der Waals surface area contributed by atoms with E-state index in [2.05, 4.69) is 20.9 Å². The van der Waals surface area contributed by atoms with E-state index >= 15 is 0 Å². The van der Waals surface area contributed by atoms with Crippen LogP contribution >= 0.6 is 11.3 Å². The van der Waals surface area contributed by atoms with Crippen LogP contribution in [0, 0.1) is 0 Å². The van der Waals surface area contributed by atoms with Crippen LogP contribution in [0.2, 0.25) is 0 Å². The summed E-state index contributed by atoms with van der Waals surface area (Å²) < 4.78 is 8.36. The Hall–Kier alpha value is -1.43. The highest BCUT2D eigenvalue weighted by molar-refractivity contribution is 7.10. The minimum absolute atomic E-state index is 0.0527. The fraction of sp³-hybridized carbons (Fsp3) is 0.526. The quantitative estimate of drug-likeness (QED) is 0.801. The van der Waals surface area contributed by atoms with Crippen LogP contribution in [0.3, 0.4) is 0 Å². The highest BCUT2D eigenvalue weighted by atomic mass is 32.1. The molecule has 0 saturated carbocycles. The van der Waals surface area contributed by atoms with Crippen LogP contribution in [0.4, 0.5) is 0 Å². The summed E-state index contributed by atoms with van der Waals surface area (Å²) in [5.74, 6) is 0.134. The maximum Gasteiger partial charge on any atom is 0.161 e. The fourth-order valence-electron chi connectivity index (χ4n) is 4.03. The minimum atomic E-state index is -0.0527. The van der Waals surface area contributed by atoms with Gasteiger partial charge in [-0.3, -0.25) is 9.69 Å². The number of likely N-dealkylation sites (tertiary alicyclic amines) is 1. The van der Waals surface area contributed by atoms with Crippen LogP contribution in [0.1, 0.15) is 46.3 Å². The molecule has 0 aliphatic carbocycles. The zero-order chi connectivity index (χ0) is 16.7. The van der Waals surface area contributed by atoms with E-state index in [1.54, 1.807) is 6.92 Å². The van der Waals surface area contributed by atoms with Gasteiger partial charge in [-0.25, -0.2) is 0 Å². The molecule has 0 radical (unpaired) electrons. The molecular weight excluding hydrogens is 320 g/mol. The number of hydrogen-bond donors (Lipinski definition) is 0. The van der Waals surface area contributed by atoms with E-state index in [0.717, 1.165) is 51.1 Å². The third-order valence-electron chi connectivity index (χ3n) is 5.51. The maximum absolute atomic E-state index is 11.6. The van der Waals surface area contributed by atoms with Crippen LogP contribution < -0.4 is 0 Å². The van der Waals surface area contributed by atoms with Gasteiger partial charge >= 0.3 is 0 Å². The number of fused-ring (bicyclic) bond motifs is 2. The number of nitrogens with zero attached hydrogens (tertiary/aromatic N) is 2. The summed E-state index contributed by atoms with van der Waals surface area (Å²) in [4.78, 5) is 15.6. The number of aryl methyl sites for hydroxylation is 1. The van der Waals surface area contributed by atoms with Gasteiger partial charge in [-0.05, 0) is 42.8 Å². The van der Waals surface area contributed by atoms with Crippen molar-refractivity contribution in [3.63, 3.8) is 0 Å². The van der Waals surface area contributed by atoms with Crippen molar-refractivity contribution >= 4 is 17.1 Å². The summed E-state index contributed by atoms with van der Waals surface area (Å²) in [6.07, 6.45) is 5.11. The Bertz CT molecular complexity index is 753. The largest absolute Gasteiger partial charge is 0.370 e. The molecule has 0 bridgehead atoms. The topological polar surface area (TPSA) is 34.5 Å². The zero-order valence-corrected chi connectivity index (χ0v) is 15.2. The molecule has 5 heteroatoms. The van der Waals surface area contributed by atoms with E-state index in [1.165, 1.54) is 16.1 Å². The third kappa shape index (κ3) is 2.75. The van der Waals surface area contributed by atoms with E-state index < -0.39 is 0 Å². The van der Waals surface area contributed by atoms with Crippen LogP contribution in [0.15, 0.2) is 23.7 Å². The first-order chi connectivity index (χ1) is 11.6. The summed E-state index contributed by atoms with van der Waals surface area (Å²) in [5, 5.41) is 2.21. The van der Waals surface area contributed by atoms with Gasteiger partial charge in [0.25, 0.3) is 0 Å². The minimum Gasteiger partial charge on any atom is -0.370 e. The molecule has 0 amide bonds. The van der Waals surface area contributed by atoms with Gasteiger partial charge in [-0.2, -0.15) is 0 Å². The molecule has 2 aliphatic rings. The molecule has 2 aromatic rings. The number of aromatic nitrogens is 1. The number of carbonyl (C=O) groups excluding carboxylic acids is 1. The van der Waals surface area contributed by atoms with Gasteiger partial charge in [0, 0.05) is 55.4 Å². The number of ether oxygens (including phenoxy) is 1. The lowest BCUT2D eigenvalue weighted by Crippen LogP contribution is -2.46. The first kappa shape index (κ1) is 16.1. The van der Waals surface area contributed by atoms with Gasteiger partial charge in [0.15, 0.2) is 5.78 Å². The summed E-state index contributed by atoms with van der Waals surface area (Å²) in [7, 11) is 2.02. The second-order valence-corrected chi connectivity index (χ2v) is 8.01. The lowest BCUT2D eigenvalue weighted by Gasteiger charge is -2.44. The molecule has 24 heavy (non-hydrogen) atoms. The Kier molecular flexibility index (Phi) is 4.11. The molecular formula is C19H24N2O2S. The van der Waals surface area contributed by atoms with Crippen molar-refractivity contribution in [3.8, 4) is 0 Å². The average molecular weight is 344 g/mol. The van der Waals surface area contributed by atoms with E-state index in [0.29, 0.717) is 0 Å². The van der Waals surface area contributed by atoms with E-state index in [-0.39, 0.29) is 11.4 Å². The van der Waals surface area contributed by atoms with E-state index in [1.807, 2.05) is 30.6 Å². The van der Waals surface area contributed by atoms with Crippen LogP contribution in [-0.2, 0) is 30.4 Å². The monoisotopic (exact) mass is 344 g/mol. The normalized spacial score (nSPS) is 20.2. The number of Topliss-reactive ketones (excluding diaryl/α,β-unsaturated/α-hetero) is 1. The lowest BCUT2D eigenvalue weighted by molar-refractivity contribution is -0.0982. The Labute approximate surface area is 147 Å². The highest BCUT2D eigenvalue weighted by Crippen LogP contribution is 2.43. The molecule has 2 aromatic heterocycles. The number of carbonyl (C=O) groups is 1. The number of rotatable bonds is 3. The molecule has 4 heterocycles. The van der Waals surface area contributed by atoms with E-state index in [4.69, 9.17) is 4.74 Å². The lowest BCUT2D eigenvalue weighted by atomic mass is 9.82. The second-order valence-electron chi connectivity index (χ2n) is 7.01. The van der Waals surface area contributed by atoms with Crippen LogP contribution in [-0.4, -0.2) is 34.9 Å². The molecule has 0 aromatic carbocycles. The summed E-state index contributed by atoms with van der Waals surface area (Å²) in [5.41, 5.74) is 3.40. The number of ketones is 1. The molecule has 0 N–H and O–H groups in total. The highest BCUT2D eigenvalue weighted by Gasteiger charge is 2.41. The average Bonchev–Trinajstić information content (AvgIpc) is 3.18. The summed E-state index contributed by atoms with van der Waals surface area (Å²) in [6, 6.07) is 4.30. The molecule has 2 aliphatic heterocycles. The van der Waals surface area contributed by atoms with Crippen molar-refractivity contribution in [2.24, 2.45) is 7.05 Å². The SMILES string of the molecule is CC(=O)c1cc(CN2CCC3(CC2)OCCc2sccc23)n(C)c1. The third-order valence-corrected chi connectivity index (χ3v) is 6.49. The molecule has 1 fully saturated rings. The standard InChI is InChI=1S/C19H24N2O2S/c1-14(22)15-11-16(20(2)12-15)13-21-7-5-19(6-8-21)17-4-10-24-18(17)3-9-23-19/h4,10-12H,3,5-9,13H2,1-2H3. The molecule has 4 nitrogen and oxygen atoms in total. The van der Waals surface area contributed by atoms with Crippen LogP contribution in [0.25, 0.3) is 0 Å². The Morgan fingerprint density at radius 2 is 2.17 bits per heavy atom. The number of hydrogen-bond acceptors (Lipinski definition) is 4. The van der Waals surface area contributed by atoms with Gasteiger partial charge in [-0.1, -0.05) is 0 Å². The molecule has 128 valence electrons. The van der Waals surface area contributed by atoms with Crippen LogP contribution in [0.5, 0.6) is 0 Å². The molecule has 1 spiro atoms. The maximum atomic E-state index is 11.6. The van der Waals surface area contributed by atoms with E-state index in [9.17, 15) is 4.79 Å². The first-order valence-electron chi connectivity index (χ1n) is 8.67. The summed E-state index contributed by atoms with van der Waals surface area (Å²) in [6.45, 7) is 5.46. The summed E-state index contributed by atoms with van der Waals surface area (Å²) >= 11 is 1.87. The van der Waals surface area contributed by atoms with Gasteiger partial charge in [0.1, 0.15) is 0 Å². The van der Waals surface area contributed by atoms with Gasteiger partial charge in [0.05, 0.1) is 12.2 Å². The Balaban J connectivity index is 1.45. The molecule has 4 rings (SSSR count). The van der Waals surface area contributed by atoms with Crippen molar-refractivity contribution in [1.82, 2.24) is 9.47 Å². The molecule has 0 unspecified atom stereocenters. The Morgan fingerprint density at radius 3 is 2.88 bits per heavy atom. The molecule has 1 saturated heterocycles. The predicted octanol–water partition coefficient (Wildman–Crippen LogP) is 3.35. The predicted molar refractivity (Wildman–Crippen MR) is 95.6 cm³/mol. The Morgan fingerprint density at radius 1 is 1.38 bits per heavy atom. The van der Waals surface area contributed by atoms with Crippen molar-refractivity contribution in [1.29, 1.82) is 0 Å². The number of piperidine rings is 1. The smallest absolute Gasteiger partial charge is 0.161 e. The van der Waals surface area contributed by atoms with Gasteiger partial charge in [-0.15, -0.1) is 11.3 Å². The van der Waals surface area contributed by atoms with Gasteiger partial charge < -0.3 is 9.30 Å². The van der Waals surface area contributed by atoms with Gasteiger partial charge in [0.2, 0.25) is 0 Å². The molecule has 0 atom stereocenters. The fourth-order valence-corrected chi connectivity index (χ4v) is 4.98. The zero-order valence-electron chi connectivity index (χ0n) is 14.4. The van der Waals surface area contributed by atoms with Crippen molar-refractivity contribution in [2.75, 3.05) is 19.7 Å². The van der Waals surface area contributed by atoms with Crippen molar-refractivity contribution in [3.05, 3.63) is 45.4 Å². The number of thiophene rings is 1. The van der Waals surface area contributed by atoms with Crippen molar-refractivity contribution < 1.29 is 9.53 Å². The second kappa shape index (κ2) is 6.14.